The number of hydrogen-bond donors (Lipinski definition) is 2. The molecule has 2 aliphatic rings. The topological polar surface area (TPSA) is 72.9 Å². The molecule has 0 atom stereocenters. The summed E-state index contributed by atoms with van der Waals surface area (Å²) in [7, 11) is 0. The molecule has 0 spiro atoms. The second kappa shape index (κ2) is 18.2. The average Bonchev–Trinajstić information content (AvgIpc) is 4.41. The first-order valence-corrected chi connectivity index (χ1v) is 29.5. The highest BCUT2D eigenvalue weighted by atomic mass is 27.1. The molecule has 0 fully saturated rings. The summed E-state index contributed by atoms with van der Waals surface area (Å²) in [5, 5.41) is 20.7. The maximum atomic E-state index is 4.37. The molecule has 4 N–H and O–H groups in total. The second-order valence-corrected chi connectivity index (χ2v) is 23.8. The Morgan fingerprint density at radius 1 is 0.256 bits per heavy atom. The maximum absolute atomic E-state index is 4.37. The molecule has 0 unspecified atom stereocenters. The van der Waals surface area contributed by atoms with Crippen LogP contribution in [-0.2, 0) is 25.7 Å². The zero-order chi connectivity index (χ0) is 52.9. The number of fused-ring (bicyclic) bond motifs is 20. The third kappa shape index (κ3) is 6.84. The number of rotatable bonds is 4. The van der Waals surface area contributed by atoms with Crippen LogP contribution in [0.4, 0.5) is 0 Å². The molecule has 16 aromatic rings. The van der Waals surface area contributed by atoms with Crippen LogP contribution in [-0.4, -0.2) is 38.2 Å². The summed E-state index contributed by atoms with van der Waals surface area (Å²) in [6.07, 6.45) is 2.92. The van der Waals surface area contributed by atoms with Crippen molar-refractivity contribution in [2.45, 2.75) is 25.7 Å². The van der Waals surface area contributed by atoms with E-state index in [0.717, 1.165) is 25.7 Å². The van der Waals surface area contributed by atoms with Gasteiger partial charge >= 0.3 is 15.7 Å². The van der Waals surface area contributed by atoms with Gasteiger partial charge in [-0.1, -0.05) is 218 Å². The number of aromatic nitrogens is 4. The van der Waals surface area contributed by atoms with Gasteiger partial charge in [0.05, 0.1) is 0 Å². The molecule has 12 aromatic carbocycles. The van der Waals surface area contributed by atoms with Crippen molar-refractivity contribution in [1.29, 1.82) is 0 Å². The van der Waals surface area contributed by atoms with Gasteiger partial charge < -0.3 is 22.5 Å². The van der Waals surface area contributed by atoms with Gasteiger partial charge in [-0.15, -0.1) is 0 Å². The third-order valence-corrected chi connectivity index (χ3v) is 20.0. The Kier molecular flexibility index (Phi) is 10.5. The first-order chi connectivity index (χ1) is 40.2. The summed E-state index contributed by atoms with van der Waals surface area (Å²) >= 11 is -0.605. The molecule has 5 nitrogen and oxygen atoms in total. The molecule has 6 bridgehead atoms. The first kappa shape index (κ1) is 47.2. The van der Waals surface area contributed by atoms with Gasteiger partial charge in [-0.05, 0) is 112 Å². The SMILES string of the molecule is O.c1ccc(-c2c3ccccc3cc3c4[nH]c(c23)Cc2c3cc5ccccc5c(-c5ccccc5)c3c3[n]2[Al][n]2c(c5cc6ccccc6c(-c6ccccc6)c5c2C4)Cc2[nH]c(c4cc5ccccc5c(-c5ccccc5)c24)C3)cc1. The molecule has 0 amide bonds. The molecule has 385 valence electrons. The van der Waals surface area contributed by atoms with Crippen molar-refractivity contribution in [3.63, 3.8) is 0 Å². The van der Waals surface area contributed by atoms with E-state index in [1.807, 2.05) is 0 Å². The molecular formula is C76H52AlN4O. The lowest BCUT2D eigenvalue weighted by Gasteiger charge is -2.21. The fraction of sp³-hybridized carbons (Fsp3) is 0.0526. The number of nitrogens with zero attached hydrogens (tertiary/aromatic N) is 2. The summed E-state index contributed by atoms with van der Waals surface area (Å²) in [5.41, 5.74) is 20.7. The maximum Gasteiger partial charge on any atom is 0.563 e. The lowest BCUT2D eigenvalue weighted by Crippen LogP contribution is -2.26. The number of aromatic amines is 2. The Bertz CT molecular complexity index is 4970. The summed E-state index contributed by atoms with van der Waals surface area (Å²) in [5.74, 6) is 0. The quantitative estimate of drug-likeness (QED) is 0.165. The predicted molar refractivity (Wildman–Crippen MR) is 344 cm³/mol. The molecule has 4 aromatic heterocycles. The van der Waals surface area contributed by atoms with E-state index in [1.165, 1.54) is 176 Å². The Balaban J connectivity index is 0.00000534. The van der Waals surface area contributed by atoms with Gasteiger partial charge in [0.2, 0.25) is 0 Å². The highest BCUT2D eigenvalue weighted by molar-refractivity contribution is 6.36. The van der Waals surface area contributed by atoms with Crippen LogP contribution in [0.15, 0.2) is 243 Å². The molecule has 2 aliphatic heterocycles. The normalized spacial score (nSPS) is 12.9. The number of nitrogens with one attached hydrogen (secondary N) is 2. The standard InChI is InChI=1S/C76H50N4.Al.H2O/c1-5-21-45(22-6-1)69-53-33-17-13-29-49(53)37-57-61-42-66-75-59(39-51-31-15-19-35-55(51)71(75)47-25-9-3-10-26-47)63(79-66)44-68-76-60(40-52-32-16-20-36-56(52)72(76)48-27-11-4-12-28-48)64(80-68)43-67-74-58(62(78-67)41-65(77-61)73(57)69)38-50-30-14-18-34-54(50)70(74)46-23-7-2-8-24-46;;/h1-40,77,80H,41-44H2;;1H2/q-2;+2;. The van der Waals surface area contributed by atoms with Crippen molar-refractivity contribution in [3.05, 3.63) is 288 Å². The van der Waals surface area contributed by atoms with Crippen molar-refractivity contribution in [2.75, 3.05) is 0 Å². The van der Waals surface area contributed by atoms with Crippen LogP contribution < -0.4 is 0 Å². The molecule has 0 aliphatic carbocycles. The lowest BCUT2D eigenvalue weighted by molar-refractivity contribution is 0.824. The summed E-state index contributed by atoms with van der Waals surface area (Å²) in [6, 6.07) is 91.4. The number of hydrogen-bond acceptors (Lipinski definition) is 0. The second-order valence-electron chi connectivity index (χ2n) is 22.6. The third-order valence-electron chi connectivity index (χ3n) is 18.3. The van der Waals surface area contributed by atoms with E-state index < -0.39 is 15.7 Å². The number of benzene rings is 12. The van der Waals surface area contributed by atoms with Crippen LogP contribution in [0.25, 0.3) is 131 Å². The monoisotopic (exact) mass is 1060 g/mol. The van der Waals surface area contributed by atoms with E-state index in [4.69, 9.17) is 0 Å². The van der Waals surface area contributed by atoms with Gasteiger partial charge in [0, 0.05) is 114 Å². The summed E-state index contributed by atoms with van der Waals surface area (Å²) in [4.78, 5) is 8.73. The highest BCUT2D eigenvalue weighted by Crippen LogP contribution is 2.50. The molecule has 82 heavy (non-hydrogen) atoms. The van der Waals surface area contributed by atoms with Crippen LogP contribution in [0.5, 0.6) is 0 Å². The minimum absolute atomic E-state index is 0. The first-order valence-electron chi connectivity index (χ1n) is 28.5. The van der Waals surface area contributed by atoms with E-state index in [1.54, 1.807) is 0 Å². The van der Waals surface area contributed by atoms with Gasteiger partial charge in [-0.25, -0.2) is 0 Å². The van der Waals surface area contributed by atoms with E-state index in [-0.39, 0.29) is 5.48 Å². The number of H-pyrrole nitrogens is 2. The van der Waals surface area contributed by atoms with Gasteiger partial charge in [-0.3, -0.25) is 0 Å². The Labute approximate surface area is 479 Å². The van der Waals surface area contributed by atoms with Crippen LogP contribution >= 0.6 is 0 Å². The molecule has 0 saturated carbocycles. The average molecular weight is 1060 g/mol. The van der Waals surface area contributed by atoms with Gasteiger partial charge in [0.15, 0.2) is 0 Å². The smallest absolute Gasteiger partial charge is 0.426 e. The zero-order valence-corrected chi connectivity index (χ0v) is 46.0. The molecule has 1 radical (unpaired) electrons. The predicted octanol–water partition coefficient (Wildman–Crippen LogP) is 17.9. The van der Waals surface area contributed by atoms with Crippen molar-refractivity contribution in [1.82, 2.24) is 17.1 Å². The van der Waals surface area contributed by atoms with Crippen LogP contribution in [0.2, 0.25) is 0 Å². The Hall–Kier alpha value is -9.67. The molecule has 6 heterocycles. The highest BCUT2D eigenvalue weighted by Gasteiger charge is 2.34. The van der Waals surface area contributed by atoms with Gasteiger partial charge in [0.25, 0.3) is 0 Å². The van der Waals surface area contributed by atoms with E-state index in [2.05, 4.69) is 260 Å². The van der Waals surface area contributed by atoms with Gasteiger partial charge in [0.1, 0.15) is 0 Å². The molecule has 6 heteroatoms. The van der Waals surface area contributed by atoms with Crippen LogP contribution in [0.1, 0.15) is 45.6 Å². The lowest BCUT2D eigenvalue weighted by atomic mass is 9.89. The van der Waals surface area contributed by atoms with Crippen LogP contribution in [0.3, 0.4) is 0 Å². The van der Waals surface area contributed by atoms with Crippen molar-refractivity contribution >= 4 is 102 Å². The minimum atomic E-state index is -0.605. The summed E-state index contributed by atoms with van der Waals surface area (Å²) in [6.45, 7) is 0. The Morgan fingerprint density at radius 3 is 0.854 bits per heavy atom. The summed E-state index contributed by atoms with van der Waals surface area (Å²) < 4.78 is 5.75. The van der Waals surface area contributed by atoms with Crippen molar-refractivity contribution < 1.29 is 5.48 Å². The van der Waals surface area contributed by atoms with Gasteiger partial charge in [-0.2, -0.15) is 0 Å². The van der Waals surface area contributed by atoms with Crippen molar-refractivity contribution in [2.24, 2.45) is 0 Å². The minimum Gasteiger partial charge on any atom is -0.426 e. The fourth-order valence-electron chi connectivity index (χ4n) is 14.9. The zero-order valence-electron chi connectivity index (χ0n) is 44.9. The largest absolute Gasteiger partial charge is 0.563 e. The van der Waals surface area contributed by atoms with Crippen LogP contribution in [0, 0.1) is 0 Å². The Morgan fingerprint density at radius 2 is 0.524 bits per heavy atom. The van der Waals surface area contributed by atoms with E-state index in [9.17, 15) is 0 Å². The van der Waals surface area contributed by atoms with Crippen molar-refractivity contribution in [3.8, 4) is 44.5 Å². The molecule has 18 rings (SSSR count). The van der Waals surface area contributed by atoms with E-state index in [0.29, 0.717) is 0 Å². The molecular weight excluding hydrogens is 1010 g/mol. The van der Waals surface area contributed by atoms with E-state index >= 15 is 0 Å². The molecule has 0 saturated heterocycles. The fourth-order valence-corrected chi connectivity index (χ4v) is 16.6.